The average molecular weight is 252 g/mol. The second-order valence-electron chi connectivity index (χ2n) is 4.94. The van der Waals surface area contributed by atoms with Crippen LogP contribution in [0.1, 0.15) is 29.0 Å². The van der Waals surface area contributed by atoms with Crippen molar-refractivity contribution in [3.8, 4) is 0 Å². The molecule has 0 aliphatic carbocycles. The third kappa shape index (κ3) is 2.73. The topological polar surface area (TPSA) is 63.5 Å². The van der Waals surface area contributed by atoms with E-state index >= 15 is 0 Å². The van der Waals surface area contributed by atoms with E-state index in [4.69, 9.17) is 4.74 Å². The van der Waals surface area contributed by atoms with Crippen molar-refractivity contribution >= 4 is 5.91 Å². The van der Waals surface area contributed by atoms with E-state index in [-0.39, 0.29) is 12.5 Å². The van der Waals surface area contributed by atoms with Gasteiger partial charge in [0.1, 0.15) is 5.69 Å². The molecule has 1 aromatic heterocycles. The molecule has 1 aromatic rings. The Balaban J connectivity index is 1.94. The molecule has 0 atom stereocenters. The minimum Gasteiger partial charge on any atom is -0.388 e. The van der Waals surface area contributed by atoms with Crippen molar-refractivity contribution in [1.82, 2.24) is 9.88 Å². The number of hydrogen-bond donors (Lipinski definition) is 2. The number of aliphatic hydroxyl groups is 1. The first-order chi connectivity index (χ1) is 8.52. The fourth-order valence-corrected chi connectivity index (χ4v) is 2.10. The number of carbonyl (C=O) groups excluding carboxylic acids is 1. The van der Waals surface area contributed by atoms with Gasteiger partial charge in [-0.1, -0.05) is 0 Å². The maximum absolute atomic E-state index is 12.0. The smallest absolute Gasteiger partial charge is 0.268 e. The van der Waals surface area contributed by atoms with Crippen LogP contribution in [0.25, 0.3) is 0 Å². The molecule has 2 heterocycles. The van der Waals surface area contributed by atoms with Crippen LogP contribution in [0.2, 0.25) is 0 Å². The molecule has 1 amide bonds. The van der Waals surface area contributed by atoms with Crippen molar-refractivity contribution in [3.05, 3.63) is 23.5 Å². The van der Waals surface area contributed by atoms with E-state index in [0.717, 1.165) is 5.69 Å². The number of nitrogens with zero attached hydrogens (tertiary/aromatic N) is 1. The zero-order chi connectivity index (χ0) is 13.2. The second-order valence-corrected chi connectivity index (χ2v) is 4.94. The molecule has 5 heteroatoms. The normalized spacial score (nSPS) is 18.6. The monoisotopic (exact) mass is 252 g/mol. The number of carbonyl (C=O) groups is 1. The zero-order valence-electron chi connectivity index (χ0n) is 10.9. The van der Waals surface area contributed by atoms with Gasteiger partial charge in [0.25, 0.3) is 5.91 Å². The number of amides is 1. The van der Waals surface area contributed by atoms with Gasteiger partial charge in [-0.25, -0.2) is 0 Å². The molecule has 2 rings (SSSR count). The summed E-state index contributed by atoms with van der Waals surface area (Å²) in [6.45, 7) is 3.33. The lowest BCUT2D eigenvalue weighted by molar-refractivity contribution is -0.0605. The highest BCUT2D eigenvalue weighted by atomic mass is 16.5. The first-order valence-corrected chi connectivity index (χ1v) is 6.22. The highest BCUT2D eigenvalue weighted by Crippen LogP contribution is 2.19. The minimum atomic E-state index is -0.825. The molecule has 18 heavy (non-hydrogen) atoms. The molecule has 100 valence electrons. The lowest BCUT2D eigenvalue weighted by Crippen LogP contribution is -2.46. The van der Waals surface area contributed by atoms with Gasteiger partial charge in [0.05, 0.1) is 5.60 Å². The highest BCUT2D eigenvalue weighted by Gasteiger charge is 2.30. The van der Waals surface area contributed by atoms with Gasteiger partial charge in [0.15, 0.2) is 0 Å². The van der Waals surface area contributed by atoms with Gasteiger partial charge in [-0.15, -0.1) is 0 Å². The SMILES string of the molecule is Cc1ccc(C(=O)NCC2(O)CCOCC2)n1C. The maximum atomic E-state index is 12.0. The van der Waals surface area contributed by atoms with Crippen molar-refractivity contribution in [2.75, 3.05) is 19.8 Å². The van der Waals surface area contributed by atoms with Gasteiger partial charge in [-0.3, -0.25) is 4.79 Å². The number of hydrogen-bond acceptors (Lipinski definition) is 3. The Labute approximate surface area is 107 Å². The molecule has 1 aliphatic heterocycles. The van der Waals surface area contributed by atoms with Crippen LogP contribution in [0.5, 0.6) is 0 Å². The molecular formula is C13H20N2O3. The van der Waals surface area contributed by atoms with Gasteiger partial charge in [0, 0.05) is 45.3 Å². The first kappa shape index (κ1) is 13.1. The van der Waals surface area contributed by atoms with E-state index in [1.165, 1.54) is 0 Å². The van der Waals surface area contributed by atoms with Crippen LogP contribution in [-0.2, 0) is 11.8 Å². The molecule has 1 saturated heterocycles. The van der Waals surface area contributed by atoms with Gasteiger partial charge in [-0.2, -0.15) is 0 Å². The van der Waals surface area contributed by atoms with Crippen molar-refractivity contribution in [1.29, 1.82) is 0 Å². The molecule has 0 aromatic carbocycles. The van der Waals surface area contributed by atoms with Crippen LogP contribution in [0.15, 0.2) is 12.1 Å². The minimum absolute atomic E-state index is 0.148. The molecule has 0 spiro atoms. The summed E-state index contributed by atoms with van der Waals surface area (Å²) < 4.78 is 7.04. The molecule has 0 bridgehead atoms. The van der Waals surface area contributed by atoms with E-state index < -0.39 is 5.60 Å². The largest absolute Gasteiger partial charge is 0.388 e. The van der Waals surface area contributed by atoms with Gasteiger partial charge >= 0.3 is 0 Å². The lowest BCUT2D eigenvalue weighted by atomic mass is 9.94. The van der Waals surface area contributed by atoms with Crippen molar-refractivity contribution < 1.29 is 14.6 Å². The number of nitrogens with one attached hydrogen (secondary N) is 1. The second kappa shape index (κ2) is 5.12. The van der Waals surface area contributed by atoms with E-state index in [1.54, 1.807) is 6.07 Å². The summed E-state index contributed by atoms with van der Waals surface area (Å²) in [4.78, 5) is 12.0. The van der Waals surface area contributed by atoms with Crippen LogP contribution in [0, 0.1) is 6.92 Å². The summed E-state index contributed by atoms with van der Waals surface area (Å²) in [6.07, 6.45) is 1.14. The molecule has 2 N–H and O–H groups in total. The van der Waals surface area contributed by atoms with Crippen molar-refractivity contribution in [2.45, 2.75) is 25.4 Å². The zero-order valence-corrected chi connectivity index (χ0v) is 10.9. The summed E-state index contributed by atoms with van der Waals surface area (Å²) in [5, 5.41) is 13.0. The predicted molar refractivity (Wildman–Crippen MR) is 67.5 cm³/mol. The number of rotatable bonds is 3. The van der Waals surface area contributed by atoms with Crippen LogP contribution < -0.4 is 5.32 Å². The van der Waals surface area contributed by atoms with Crippen molar-refractivity contribution in [3.63, 3.8) is 0 Å². The summed E-state index contributed by atoms with van der Waals surface area (Å²) >= 11 is 0. The Kier molecular flexibility index (Phi) is 3.73. The summed E-state index contributed by atoms with van der Waals surface area (Å²) in [5.74, 6) is -0.148. The Morgan fingerprint density at radius 3 is 2.72 bits per heavy atom. The molecular weight excluding hydrogens is 232 g/mol. The van der Waals surface area contributed by atoms with Crippen molar-refractivity contribution in [2.24, 2.45) is 7.05 Å². The Morgan fingerprint density at radius 2 is 2.17 bits per heavy atom. The van der Waals surface area contributed by atoms with E-state index in [9.17, 15) is 9.90 Å². The average Bonchev–Trinajstić information content (AvgIpc) is 2.68. The van der Waals surface area contributed by atoms with Crippen LogP contribution in [-0.4, -0.2) is 40.9 Å². The molecule has 0 unspecified atom stereocenters. The predicted octanol–water partition coefficient (Wildman–Crippen LogP) is 0.605. The fourth-order valence-electron chi connectivity index (χ4n) is 2.10. The standard InChI is InChI=1S/C13H20N2O3/c1-10-3-4-11(15(10)2)12(16)14-9-13(17)5-7-18-8-6-13/h3-4,17H,5-9H2,1-2H3,(H,14,16). The van der Waals surface area contributed by atoms with Crippen LogP contribution in [0.4, 0.5) is 0 Å². The van der Waals surface area contributed by atoms with Crippen LogP contribution >= 0.6 is 0 Å². The number of aromatic nitrogens is 1. The lowest BCUT2D eigenvalue weighted by Gasteiger charge is -2.32. The fraction of sp³-hybridized carbons (Fsp3) is 0.615. The molecule has 1 fully saturated rings. The summed E-state index contributed by atoms with van der Waals surface area (Å²) in [5.41, 5.74) is 0.821. The quantitative estimate of drug-likeness (QED) is 0.828. The Morgan fingerprint density at radius 1 is 1.50 bits per heavy atom. The number of aryl methyl sites for hydroxylation is 1. The summed E-state index contributed by atoms with van der Waals surface area (Å²) in [7, 11) is 1.85. The molecule has 5 nitrogen and oxygen atoms in total. The number of ether oxygens (including phenoxy) is 1. The molecule has 1 aliphatic rings. The molecule has 0 radical (unpaired) electrons. The van der Waals surface area contributed by atoms with Gasteiger partial charge in [-0.05, 0) is 19.1 Å². The van der Waals surface area contributed by atoms with Crippen LogP contribution in [0.3, 0.4) is 0 Å². The highest BCUT2D eigenvalue weighted by molar-refractivity contribution is 5.92. The molecule has 0 saturated carbocycles. The van der Waals surface area contributed by atoms with Gasteiger partial charge in [0.2, 0.25) is 0 Å². The first-order valence-electron chi connectivity index (χ1n) is 6.22. The Bertz CT molecular complexity index is 433. The van der Waals surface area contributed by atoms with Gasteiger partial charge < -0.3 is 19.7 Å². The third-order valence-electron chi connectivity index (χ3n) is 3.61. The summed E-state index contributed by atoms with van der Waals surface area (Å²) in [6, 6.07) is 3.69. The Hall–Kier alpha value is -1.33. The maximum Gasteiger partial charge on any atom is 0.268 e. The van der Waals surface area contributed by atoms with E-state index in [2.05, 4.69) is 5.32 Å². The third-order valence-corrected chi connectivity index (χ3v) is 3.61. The van der Waals surface area contributed by atoms with E-state index in [1.807, 2.05) is 24.6 Å². The van der Waals surface area contributed by atoms with E-state index in [0.29, 0.717) is 31.7 Å².